The van der Waals surface area contributed by atoms with Gasteiger partial charge >= 0.3 is 12.1 Å². The zero-order valence-electron chi connectivity index (χ0n) is 20.4. The van der Waals surface area contributed by atoms with Gasteiger partial charge in [-0.1, -0.05) is 0 Å². The number of rotatable bonds is 7. The number of benzene rings is 3. The fraction of sp³-hybridized carbons (Fsp3) is 0.241. The molecule has 1 aliphatic heterocycles. The molecule has 6 nitrogen and oxygen atoms in total. The highest BCUT2D eigenvalue weighted by Crippen LogP contribution is 2.42. The van der Waals surface area contributed by atoms with Crippen molar-refractivity contribution in [1.82, 2.24) is 4.90 Å². The van der Waals surface area contributed by atoms with Crippen LogP contribution in [0.15, 0.2) is 66.7 Å². The summed E-state index contributed by atoms with van der Waals surface area (Å²) in [7, 11) is 0. The third-order valence-corrected chi connectivity index (χ3v) is 8.02. The molecule has 1 N–H and O–H groups in total. The van der Waals surface area contributed by atoms with Crippen molar-refractivity contribution in [3.63, 3.8) is 0 Å². The van der Waals surface area contributed by atoms with Crippen molar-refractivity contribution in [2.45, 2.75) is 31.2 Å². The molecule has 2 fully saturated rings. The van der Waals surface area contributed by atoms with Crippen molar-refractivity contribution in [3.8, 4) is 27.7 Å². The Morgan fingerprint density at radius 1 is 0.923 bits per heavy atom. The maximum Gasteiger partial charge on any atom is 0.491 e. The lowest BCUT2D eigenvalue weighted by molar-refractivity contribution is -0.189. The van der Waals surface area contributed by atoms with Crippen LogP contribution in [0.3, 0.4) is 0 Å². The maximum absolute atomic E-state index is 13.8. The molecule has 2 aliphatic rings. The van der Waals surface area contributed by atoms with Crippen LogP contribution in [0.4, 0.5) is 13.2 Å². The van der Waals surface area contributed by atoms with Crippen LogP contribution in [0, 0.1) is 0 Å². The van der Waals surface area contributed by atoms with E-state index in [9.17, 15) is 27.9 Å². The minimum atomic E-state index is -5.11. The number of fused-ring (bicyclic) bond motifs is 1. The Bertz CT molecular complexity index is 1550. The highest BCUT2D eigenvalue weighted by atomic mass is 32.1. The van der Waals surface area contributed by atoms with E-state index in [1.807, 2.05) is 0 Å². The number of halogens is 3. The van der Waals surface area contributed by atoms with E-state index in [0.29, 0.717) is 43.4 Å². The molecule has 0 radical (unpaired) electrons. The second kappa shape index (κ2) is 9.69. The molecular formula is C29H22F3NO5S. The van der Waals surface area contributed by atoms with E-state index in [1.165, 1.54) is 54.5 Å². The van der Waals surface area contributed by atoms with Gasteiger partial charge in [0, 0.05) is 45.2 Å². The number of hydrogen-bond donors (Lipinski definition) is 1. The molecule has 1 aliphatic carbocycles. The number of likely N-dealkylation sites (tertiary alicyclic amines) is 1. The fourth-order valence-electron chi connectivity index (χ4n) is 4.66. The van der Waals surface area contributed by atoms with E-state index in [1.54, 1.807) is 36.4 Å². The predicted molar refractivity (Wildman–Crippen MR) is 140 cm³/mol. The van der Waals surface area contributed by atoms with Gasteiger partial charge < -0.3 is 14.6 Å². The van der Waals surface area contributed by atoms with Crippen LogP contribution in [0.25, 0.3) is 20.5 Å². The quantitative estimate of drug-likeness (QED) is 0.167. The Morgan fingerprint density at radius 3 is 2.23 bits per heavy atom. The zero-order valence-corrected chi connectivity index (χ0v) is 21.2. The molecule has 1 aromatic heterocycles. The van der Waals surface area contributed by atoms with Crippen molar-refractivity contribution in [2.24, 2.45) is 0 Å². The predicted octanol–water partition coefficient (Wildman–Crippen LogP) is 6.20. The lowest BCUT2D eigenvalue weighted by Crippen LogP contribution is -2.54. The lowest BCUT2D eigenvalue weighted by Gasteiger charge is -2.39. The number of aromatic hydroxyl groups is 1. The first-order valence-corrected chi connectivity index (χ1v) is 13.2. The normalized spacial score (nSPS) is 16.2. The monoisotopic (exact) mass is 553 g/mol. The van der Waals surface area contributed by atoms with E-state index in [2.05, 4.69) is 9.64 Å². The number of phenolic OH excluding ortho intramolecular Hbond substituents is 1. The minimum Gasteiger partial charge on any atom is -0.508 e. The van der Waals surface area contributed by atoms with Gasteiger partial charge in [-0.2, -0.15) is 13.2 Å². The number of carbonyl (C=O) groups excluding carboxylic acids is 2. The Morgan fingerprint density at radius 2 is 1.59 bits per heavy atom. The molecule has 0 bridgehead atoms. The molecule has 0 spiro atoms. The summed E-state index contributed by atoms with van der Waals surface area (Å²) in [6, 6.07) is 17.9. The van der Waals surface area contributed by atoms with Crippen LogP contribution in [0.2, 0.25) is 0 Å². The number of carbonyl (C=O) groups is 2. The number of ether oxygens (including phenoxy) is 2. The number of hydrogen-bond acceptors (Lipinski definition) is 7. The average Bonchev–Trinajstić information content (AvgIpc) is 3.65. The molecule has 200 valence electrons. The van der Waals surface area contributed by atoms with E-state index in [-0.39, 0.29) is 23.4 Å². The van der Waals surface area contributed by atoms with Gasteiger partial charge in [0.05, 0.1) is 0 Å². The largest absolute Gasteiger partial charge is 0.508 e. The fourth-order valence-corrected chi connectivity index (χ4v) is 5.90. The van der Waals surface area contributed by atoms with E-state index in [4.69, 9.17) is 4.74 Å². The first kappa shape index (κ1) is 25.4. The van der Waals surface area contributed by atoms with Gasteiger partial charge in [0.15, 0.2) is 5.78 Å². The van der Waals surface area contributed by atoms with Crippen LogP contribution < -0.4 is 9.47 Å². The number of nitrogens with zero attached hydrogens (tertiary/aromatic N) is 1. The second-order valence-corrected chi connectivity index (χ2v) is 10.7. The standard InChI is InChI=1S/C29H22F3NO5S/c30-29(31,32)28(36)38-21-10-3-17(4-11-21)27-25(23-12-7-19(34)13-24(23)39-27)26(35)16-1-8-20(9-2-16)37-22-14-33(15-22)18-5-6-18/h1-4,7-13,18,22,34H,5-6,14-15H2. The summed E-state index contributed by atoms with van der Waals surface area (Å²) in [6.45, 7) is 1.83. The number of phenols is 1. The van der Waals surface area contributed by atoms with Crippen LogP contribution in [0.1, 0.15) is 28.8 Å². The Labute approximate surface area is 225 Å². The van der Waals surface area contributed by atoms with E-state index >= 15 is 0 Å². The molecule has 1 saturated heterocycles. The summed E-state index contributed by atoms with van der Waals surface area (Å²) in [5.41, 5.74) is 1.40. The third-order valence-electron chi connectivity index (χ3n) is 6.82. The topological polar surface area (TPSA) is 76.1 Å². The highest BCUT2D eigenvalue weighted by molar-refractivity contribution is 7.22. The van der Waals surface area contributed by atoms with Crippen molar-refractivity contribution < 1.29 is 37.3 Å². The number of thiophene rings is 1. The van der Waals surface area contributed by atoms with Crippen molar-refractivity contribution in [2.75, 3.05) is 13.1 Å². The molecule has 0 amide bonds. The van der Waals surface area contributed by atoms with Crippen LogP contribution >= 0.6 is 11.3 Å². The molecule has 0 unspecified atom stereocenters. The van der Waals surface area contributed by atoms with E-state index in [0.717, 1.165) is 13.1 Å². The second-order valence-electron chi connectivity index (χ2n) is 9.68. The van der Waals surface area contributed by atoms with Gasteiger partial charge in [0.1, 0.15) is 23.4 Å². The first-order chi connectivity index (χ1) is 18.7. The summed E-state index contributed by atoms with van der Waals surface area (Å²) in [5.74, 6) is -2.09. The summed E-state index contributed by atoms with van der Waals surface area (Å²) in [6.07, 6.45) is -2.44. The Kier molecular flexibility index (Phi) is 6.31. The van der Waals surface area contributed by atoms with Gasteiger partial charge in [-0.15, -0.1) is 11.3 Å². The SMILES string of the molecule is O=C(c1ccc(OC2CN(C3CC3)C2)cc1)c1c(-c2ccc(OC(=O)C(F)(F)F)cc2)sc2cc(O)ccc12. The van der Waals surface area contributed by atoms with Crippen molar-refractivity contribution in [3.05, 3.63) is 77.9 Å². The third kappa shape index (κ3) is 5.22. The maximum atomic E-state index is 13.8. The summed E-state index contributed by atoms with van der Waals surface area (Å²) in [5, 5.41) is 10.6. The smallest absolute Gasteiger partial charge is 0.491 e. The van der Waals surface area contributed by atoms with Crippen LogP contribution in [0.5, 0.6) is 17.2 Å². The summed E-state index contributed by atoms with van der Waals surface area (Å²) >= 11 is 1.27. The molecule has 4 aromatic rings. The number of esters is 1. The Balaban J connectivity index is 1.26. The Hall–Kier alpha value is -3.89. The average molecular weight is 554 g/mol. The molecule has 10 heteroatoms. The molecule has 39 heavy (non-hydrogen) atoms. The van der Waals surface area contributed by atoms with Gasteiger partial charge in [-0.25, -0.2) is 4.79 Å². The lowest BCUT2D eigenvalue weighted by atomic mass is 9.97. The first-order valence-electron chi connectivity index (χ1n) is 12.4. The molecule has 6 rings (SSSR count). The summed E-state index contributed by atoms with van der Waals surface area (Å²) < 4.78 is 48.7. The van der Waals surface area contributed by atoms with E-state index < -0.39 is 12.1 Å². The summed E-state index contributed by atoms with van der Waals surface area (Å²) in [4.78, 5) is 27.9. The molecule has 0 atom stereocenters. The zero-order chi connectivity index (χ0) is 27.3. The molecular weight excluding hydrogens is 531 g/mol. The van der Waals surface area contributed by atoms with Crippen LogP contribution in [-0.2, 0) is 4.79 Å². The van der Waals surface area contributed by atoms with Gasteiger partial charge in [0.2, 0.25) is 0 Å². The number of ketones is 1. The minimum absolute atomic E-state index is 0.0430. The number of alkyl halides is 3. The van der Waals surface area contributed by atoms with Gasteiger partial charge in [-0.05, 0) is 85.1 Å². The van der Waals surface area contributed by atoms with Gasteiger partial charge in [-0.3, -0.25) is 9.69 Å². The highest BCUT2D eigenvalue weighted by Gasteiger charge is 2.41. The molecule has 2 heterocycles. The molecule has 1 saturated carbocycles. The van der Waals surface area contributed by atoms with Crippen molar-refractivity contribution >= 4 is 33.2 Å². The molecule has 3 aromatic carbocycles. The van der Waals surface area contributed by atoms with Crippen LogP contribution in [-0.4, -0.2) is 53.2 Å². The van der Waals surface area contributed by atoms with Gasteiger partial charge in [0.25, 0.3) is 0 Å². The van der Waals surface area contributed by atoms with Crippen molar-refractivity contribution in [1.29, 1.82) is 0 Å².